The highest BCUT2D eigenvalue weighted by atomic mass is 79.9. The second-order valence-electron chi connectivity index (χ2n) is 3.06. The van der Waals surface area contributed by atoms with Crippen molar-refractivity contribution in [3.63, 3.8) is 0 Å². The van der Waals surface area contributed by atoms with Gasteiger partial charge in [0.1, 0.15) is 0 Å². The fraction of sp³-hybridized carbons (Fsp3) is 0.222. The van der Waals surface area contributed by atoms with Gasteiger partial charge in [0.25, 0.3) is 0 Å². The summed E-state index contributed by atoms with van der Waals surface area (Å²) in [6.45, 7) is 1.75. The quantitative estimate of drug-likeness (QED) is 0.890. The van der Waals surface area contributed by atoms with Crippen LogP contribution in [0.3, 0.4) is 0 Å². The molecule has 0 aliphatic rings. The first kappa shape index (κ1) is 10.3. The Hall–Kier alpha value is -1.27. The predicted octanol–water partition coefficient (Wildman–Crippen LogP) is 1.23. The van der Waals surface area contributed by atoms with Crippen LogP contribution in [0.5, 0.6) is 0 Å². The monoisotopic (exact) mass is 268 g/mol. The van der Waals surface area contributed by atoms with Crippen molar-refractivity contribution >= 4 is 15.9 Å². The summed E-state index contributed by atoms with van der Waals surface area (Å²) >= 11 is 3.30. The zero-order valence-electron chi connectivity index (χ0n) is 8.05. The Morgan fingerprint density at radius 1 is 1.47 bits per heavy atom. The molecule has 2 aromatic rings. The minimum absolute atomic E-state index is 0.109. The Morgan fingerprint density at radius 2 is 2.27 bits per heavy atom. The lowest BCUT2D eigenvalue weighted by Gasteiger charge is -2.03. The number of aryl methyl sites for hydroxylation is 1. The number of hydrogen-bond donors (Lipinski definition) is 1. The molecular formula is C9H9BrN4O. The first-order valence-electron chi connectivity index (χ1n) is 4.36. The van der Waals surface area contributed by atoms with E-state index in [1.807, 2.05) is 13.0 Å². The third kappa shape index (κ3) is 2.05. The van der Waals surface area contributed by atoms with Gasteiger partial charge in [0.15, 0.2) is 5.82 Å². The largest absolute Gasteiger partial charge is 0.390 e. The maximum Gasteiger partial charge on any atom is 0.155 e. The second-order valence-corrected chi connectivity index (χ2v) is 3.91. The molecule has 15 heavy (non-hydrogen) atoms. The van der Waals surface area contributed by atoms with Crippen LogP contribution in [0.15, 0.2) is 22.8 Å². The van der Waals surface area contributed by atoms with Crippen molar-refractivity contribution < 1.29 is 5.11 Å². The van der Waals surface area contributed by atoms with Crippen molar-refractivity contribution in [1.82, 2.24) is 20.0 Å². The van der Waals surface area contributed by atoms with Crippen molar-refractivity contribution in [3.05, 3.63) is 34.2 Å². The molecule has 0 bridgehead atoms. The predicted molar refractivity (Wildman–Crippen MR) is 57.5 cm³/mol. The van der Waals surface area contributed by atoms with E-state index in [0.717, 1.165) is 10.2 Å². The van der Waals surface area contributed by atoms with Crippen molar-refractivity contribution in [3.8, 4) is 5.82 Å². The molecule has 5 nitrogen and oxygen atoms in total. The van der Waals surface area contributed by atoms with Crippen LogP contribution < -0.4 is 0 Å². The third-order valence-corrected chi connectivity index (χ3v) is 2.62. The Kier molecular flexibility index (Phi) is 2.79. The average Bonchev–Trinajstić information content (AvgIpc) is 2.66. The van der Waals surface area contributed by atoms with Crippen LogP contribution in [0.2, 0.25) is 0 Å². The summed E-state index contributed by atoms with van der Waals surface area (Å²) in [6, 6.07) is 3.63. The lowest BCUT2D eigenvalue weighted by atomic mass is 10.3. The van der Waals surface area contributed by atoms with Crippen molar-refractivity contribution in [1.29, 1.82) is 0 Å². The van der Waals surface area contributed by atoms with Gasteiger partial charge in [-0.15, -0.1) is 5.10 Å². The fourth-order valence-electron chi connectivity index (χ4n) is 1.17. The van der Waals surface area contributed by atoms with E-state index in [1.165, 1.54) is 0 Å². The number of aliphatic hydroxyl groups is 1. The summed E-state index contributed by atoms with van der Waals surface area (Å²) in [5.74, 6) is 0.642. The number of halogens is 1. The molecule has 0 amide bonds. The molecule has 0 saturated heterocycles. The summed E-state index contributed by atoms with van der Waals surface area (Å²) in [6.07, 6.45) is 1.78. The lowest BCUT2D eigenvalue weighted by molar-refractivity contribution is 0.276. The van der Waals surface area contributed by atoms with Gasteiger partial charge in [0.2, 0.25) is 0 Å². The molecule has 0 atom stereocenters. The van der Waals surface area contributed by atoms with E-state index in [9.17, 15) is 0 Å². The molecule has 0 unspecified atom stereocenters. The minimum Gasteiger partial charge on any atom is -0.390 e. The number of nitrogens with zero attached hydrogens (tertiary/aromatic N) is 4. The van der Waals surface area contributed by atoms with E-state index in [2.05, 4.69) is 31.2 Å². The van der Waals surface area contributed by atoms with E-state index in [-0.39, 0.29) is 6.61 Å². The van der Waals surface area contributed by atoms with Gasteiger partial charge in [-0.3, -0.25) is 0 Å². The van der Waals surface area contributed by atoms with Crippen molar-refractivity contribution in [2.75, 3.05) is 0 Å². The van der Waals surface area contributed by atoms with Crippen LogP contribution in [-0.4, -0.2) is 25.1 Å². The summed E-state index contributed by atoms with van der Waals surface area (Å²) in [4.78, 5) is 4.24. The Bertz CT molecular complexity index is 483. The van der Waals surface area contributed by atoms with Crippen molar-refractivity contribution in [2.24, 2.45) is 0 Å². The smallest absolute Gasteiger partial charge is 0.155 e. The van der Waals surface area contributed by atoms with E-state index in [0.29, 0.717) is 11.5 Å². The van der Waals surface area contributed by atoms with Gasteiger partial charge in [-0.25, -0.2) is 9.67 Å². The highest BCUT2D eigenvalue weighted by molar-refractivity contribution is 9.10. The van der Waals surface area contributed by atoms with Gasteiger partial charge in [-0.05, 0) is 35.0 Å². The van der Waals surface area contributed by atoms with E-state index in [4.69, 9.17) is 5.11 Å². The topological polar surface area (TPSA) is 63.8 Å². The van der Waals surface area contributed by atoms with Gasteiger partial charge >= 0.3 is 0 Å². The van der Waals surface area contributed by atoms with Crippen LogP contribution in [0, 0.1) is 6.92 Å². The number of pyridine rings is 1. The number of aromatic nitrogens is 4. The molecule has 0 aromatic carbocycles. The molecule has 0 aliphatic carbocycles. The average molecular weight is 269 g/mol. The van der Waals surface area contributed by atoms with Crippen LogP contribution >= 0.6 is 15.9 Å². The first-order chi connectivity index (χ1) is 7.20. The zero-order valence-corrected chi connectivity index (χ0v) is 9.64. The Balaban J connectivity index is 2.45. The highest BCUT2D eigenvalue weighted by Gasteiger charge is 2.05. The molecule has 2 aromatic heterocycles. The first-order valence-corrected chi connectivity index (χ1v) is 5.15. The van der Waals surface area contributed by atoms with E-state index >= 15 is 0 Å². The molecule has 78 valence electrons. The van der Waals surface area contributed by atoms with Gasteiger partial charge < -0.3 is 5.11 Å². The summed E-state index contributed by atoms with van der Waals surface area (Å²) in [5, 5.41) is 16.8. The standard InChI is InChI=1S/C9H9BrN4O/c1-6-4-14(13-12-6)9-3-2-7(10)8(5-15)11-9/h2-4,15H,5H2,1H3. The Labute approximate surface area is 94.9 Å². The summed E-state index contributed by atoms with van der Waals surface area (Å²) in [7, 11) is 0. The molecule has 0 aliphatic heterocycles. The summed E-state index contributed by atoms with van der Waals surface area (Å²) < 4.78 is 2.35. The molecule has 2 heterocycles. The molecule has 6 heteroatoms. The van der Waals surface area contributed by atoms with Gasteiger partial charge in [-0.1, -0.05) is 5.21 Å². The maximum absolute atomic E-state index is 9.06. The number of rotatable bonds is 2. The molecule has 0 spiro atoms. The van der Waals surface area contributed by atoms with E-state index in [1.54, 1.807) is 16.9 Å². The lowest BCUT2D eigenvalue weighted by Crippen LogP contribution is -2.01. The molecule has 0 saturated carbocycles. The van der Waals surface area contributed by atoms with Gasteiger partial charge in [0.05, 0.1) is 24.2 Å². The summed E-state index contributed by atoms with van der Waals surface area (Å²) in [5.41, 5.74) is 1.41. The van der Waals surface area contributed by atoms with Crippen molar-refractivity contribution in [2.45, 2.75) is 13.5 Å². The fourth-order valence-corrected chi connectivity index (χ4v) is 1.52. The van der Waals surface area contributed by atoms with E-state index < -0.39 is 0 Å². The number of hydrogen-bond acceptors (Lipinski definition) is 4. The molecule has 0 fully saturated rings. The third-order valence-electron chi connectivity index (χ3n) is 1.90. The number of aliphatic hydroxyl groups excluding tert-OH is 1. The maximum atomic E-state index is 9.06. The minimum atomic E-state index is -0.109. The zero-order chi connectivity index (χ0) is 10.8. The molecule has 2 rings (SSSR count). The SMILES string of the molecule is Cc1cn(-c2ccc(Br)c(CO)n2)nn1. The highest BCUT2D eigenvalue weighted by Crippen LogP contribution is 2.16. The van der Waals surface area contributed by atoms with Crippen LogP contribution in [0.25, 0.3) is 5.82 Å². The van der Waals surface area contributed by atoms with Crippen LogP contribution in [0.4, 0.5) is 0 Å². The van der Waals surface area contributed by atoms with Crippen LogP contribution in [-0.2, 0) is 6.61 Å². The van der Waals surface area contributed by atoms with Crippen LogP contribution in [0.1, 0.15) is 11.4 Å². The molecule has 1 N–H and O–H groups in total. The second kappa shape index (κ2) is 4.08. The molecule has 0 radical (unpaired) electrons. The van der Waals surface area contributed by atoms with Gasteiger partial charge in [0, 0.05) is 4.47 Å². The Morgan fingerprint density at radius 3 is 2.87 bits per heavy atom. The molecular weight excluding hydrogens is 260 g/mol. The van der Waals surface area contributed by atoms with Gasteiger partial charge in [-0.2, -0.15) is 0 Å². The normalized spacial score (nSPS) is 10.6.